The van der Waals surface area contributed by atoms with Crippen molar-refractivity contribution in [1.82, 2.24) is 0 Å². The smallest absolute Gasteiger partial charge is 0.127 e. The fraction of sp³-hybridized carbons (Fsp3) is 0. The number of para-hydroxylation sites is 2. The third kappa shape index (κ3) is 4.49. The number of ether oxygens (including phenoxy) is 1. The highest BCUT2D eigenvalue weighted by Gasteiger charge is 1.92. The standard InChI is InChI=1S/C12H10O.2BrH/c1-3-7-11(8-4-1)13-12-9-5-2-6-10-12;;/h1-10H;2*1H. The highest BCUT2D eigenvalue weighted by molar-refractivity contribution is 8.93. The average Bonchev–Trinajstić information content (AvgIpc) is 2.21. The van der Waals surface area contributed by atoms with E-state index in [1.54, 1.807) is 0 Å². The first-order chi connectivity index (χ1) is 6.45. The number of hydrogen-bond donors (Lipinski definition) is 0. The van der Waals surface area contributed by atoms with E-state index < -0.39 is 0 Å². The monoisotopic (exact) mass is 330 g/mol. The van der Waals surface area contributed by atoms with Crippen LogP contribution in [0, 0.1) is 0 Å². The van der Waals surface area contributed by atoms with Crippen molar-refractivity contribution < 1.29 is 4.74 Å². The number of benzene rings is 2. The van der Waals surface area contributed by atoms with Gasteiger partial charge in [0.05, 0.1) is 0 Å². The molecule has 0 saturated heterocycles. The molecule has 2 aromatic carbocycles. The third-order valence-electron chi connectivity index (χ3n) is 1.72. The molecule has 0 bridgehead atoms. The van der Waals surface area contributed by atoms with E-state index in [-0.39, 0.29) is 34.0 Å². The van der Waals surface area contributed by atoms with Gasteiger partial charge in [-0.25, -0.2) is 0 Å². The number of rotatable bonds is 2. The molecule has 0 saturated carbocycles. The Morgan fingerprint density at radius 2 is 0.867 bits per heavy atom. The van der Waals surface area contributed by atoms with Gasteiger partial charge in [-0.3, -0.25) is 0 Å². The van der Waals surface area contributed by atoms with Crippen molar-refractivity contribution in [2.75, 3.05) is 0 Å². The van der Waals surface area contributed by atoms with E-state index in [1.807, 2.05) is 60.7 Å². The molecule has 0 N–H and O–H groups in total. The topological polar surface area (TPSA) is 9.23 Å². The first-order valence-electron chi connectivity index (χ1n) is 4.23. The Morgan fingerprint density at radius 1 is 0.533 bits per heavy atom. The summed E-state index contributed by atoms with van der Waals surface area (Å²) < 4.78 is 5.58. The van der Waals surface area contributed by atoms with Crippen molar-refractivity contribution in [3.63, 3.8) is 0 Å². The zero-order valence-electron chi connectivity index (χ0n) is 8.00. The Labute approximate surface area is 111 Å². The predicted molar refractivity (Wildman–Crippen MR) is 73.6 cm³/mol. The van der Waals surface area contributed by atoms with Crippen LogP contribution in [-0.4, -0.2) is 0 Å². The summed E-state index contributed by atoms with van der Waals surface area (Å²) in [4.78, 5) is 0. The zero-order valence-corrected chi connectivity index (χ0v) is 11.4. The molecule has 0 atom stereocenters. The van der Waals surface area contributed by atoms with Crippen LogP contribution < -0.4 is 4.74 Å². The quantitative estimate of drug-likeness (QED) is 0.779. The fourth-order valence-electron chi connectivity index (χ4n) is 1.11. The molecule has 3 heteroatoms. The fourth-order valence-corrected chi connectivity index (χ4v) is 1.11. The molecule has 0 fully saturated rings. The second-order valence-electron chi connectivity index (χ2n) is 2.73. The summed E-state index contributed by atoms with van der Waals surface area (Å²) in [6.07, 6.45) is 0. The van der Waals surface area contributed by atoms with Gasteiger partial charge in [0.25, 0.3) is 0 Å². The van der Waals surface area contributed by atoms with Gasteiger partial charge in [0.2, 0.25) is 0 Å². The molecule has 80 valence electrons. The lowest BCUT2D eigenvalue weighted by molar-refractivity contribution is 0.482. The van der Waals surface area contributed by atoms with E-state index in [4.69, 9.17) is 4.74 Å². The first-order valence-corrected chi connectivity index (χ1v) is 4.23. The van der Waals surface area contributed by atoms with Crippen LogP contribution in [0.4, 0.5) is 0 Å². The van der Waals surface area contributed by atoms with Gasteiger partial charge < -0.3 is 4.74 Å². The SMILES string of the molecule is Br.Br.c1ccc(Oc2ccccc2)cc1. The van der Waals surface area contributed by atoms with Crippen LogP contribution >= 0.6 is 34.0 Å². The van der Waals surface area contributed by atoms with Gasteiger partial charge in [0.15, 0.2) is 0 Å². The molecular formula is C12H12Br2O. The summed E-state index contributed by atoms with van der Waals surface area (Å²) in [5.41, 5.74) is 0. The van der Waals surface area contributed by atoms with Crippen LogP contribution in [0.3, 0.4) is 0 Å². The second-order valence-corrected chi connectivity index (χ2v) is 2.73. The molecule has 0 aromatic heterocycles. The molecule has 1 nitrogen and oxygen atoms in total. The van der Waals surface area contributed by atoms with Crippen LogP contribution in [-0.2, 0) is 0 Å². The first kappa shape index (κ1) is 14.2. The maximum Gasteiger partial charge on any atom is 0.127 e. The van der Waals surface area contributed by atoms with Crippen LogP contribution in [0.1, 0.15) is 0 Å². The van der Waals surface area contributed by atoms with Crippen LogP contribution in [0.2, 0.25) is 0 Å². The molecule has 0 aliphatic rings. The van der Waals surface area contributed by atoms with Gasteiger partial charge >= 0.3 is 0 Å². The highest BCUT2D eigenvalue weighted by Crippen LogP contribution is 2.19. The predicted octanol–water partition coefficient (Wildman–Crippen LogP) is 4.63. The Morgan fingerprint density at radius 3 is 1.20 bits per heavy atom. The van der Waals surface area contributed by atoms with E-state index in [9.17, 15) is 0 Å². The van der Waals surface area contributed by atoms with Crippen LogP contribution in [0.25, 0.3) is 0 Å². The van der Waals surface area contributed by atoms with E-state index in [1.165, 1.54) is 0 Å². The van der Waals surface area contributed by atoms with Crippen molar-refractivity contribution in [2.45, 2.75) is 0 Å². The van der Waals surface area contributed by atoms with Crippen molar-refractivity contribution in [1.29, 1.82) is 0 Å². The van der Waals surface area contributed by atoms with Crippen molar-refractivity contribution in [3.8, 4) is 11.5 Å². The van der Waals surface area contributed by atoms with E-state index in [0.29, 0.717) is 0 Å². The normalized spacial score (nSPS) is 8.27. The summed E-state index contributed by atoms with van der Waals surface area (Å²) in [6, 6.07) is 19.5. The number of hydrogen-bond acceptors (Lipinski definition) is 1. The van der Waals surface area contributed by atoms with Crippen LogP contribution in [0.15, 0.2) is 60.7 Å². The Bertz CT molecular complexity index is 324. The summed E-state index contributed by atoms with van der Waals surface area (Å²) >= 11 is 0. The van der Waals surface area contributed by atoms with Gasteiger partial charge in [-0.2, -0.15) is 0 Å². The Balaban J connectivity index is 0.000000980. The minimum atomic E-state index is 0. The van der Waals surface area contributed by atoms with Crippen molar-refractivity contribution >= 4 is 34.0 Å². The molecule has 0 spiro atoms. The molecule has 2 rings (SSSR count). The van der Waals surface area contributed by atoms with E-state index >= 15 is 0 Å². The van der Waals surface area contributed by atoms with Gasteiger partial charge in [0.1, 0.15) is 11.5 Å². The third-order valence-corrected chi connectivity index (χ3v) is 1.72. The number of halogens is 2. The minimum Gasteiger partial charge on any atom is -0.457 e. The molecule has 0 radical (unpaired) electrons. The van der Waals surface area contributed by atoms with Crippen molar-refractivity contribution in [3.05, 3.63) is 60.7 Å². The largest absolute Gasteiger partial charge is 0.457 e. The zero-order chi connectivity index (χ0) is 8.93. The Kier molecular flexibility index (Phi) is 7.09. The second kappa shape index (κ2) is 7.49. The Hall–Kier alpha value is -0.800. The molecule has 0 unspecified atom stereocenters. The summed E-state index contributed by atoms with van der Waals surface area (Å²) in [7, 11) is 0. The van der Waals surface area contributed by atoms with Crippen molar-refractivity contribution in [2.24, 2.45) is 0 Å². The minimum absolute atomic E-state index is 0. The molecule has 0 heterocycles. The average molecular weight is 332 g/mol. The maximum atomic E-state index is 5.58. The molecule has 0 amide bonds. The van der Waals surface area contributed by atoms with E-state index in [0.717, 1.165) is 11.5 Å². The molecule has 2 aromatic rings. The lowest BCUT2D eigenvalue weighted by Gasteiger charge is -2.03. The summed E-state index contributed by atoms with van der Waals surface area (Å²) in [5, 5.41) is 0. The molecule has 0 aliphatic carbocycles. The van der Waals surface area contributed by atoms with Gasteiger partial charge in [-0.15, -0.1) is 34.0 Å². The van der Waals surface area contributed by atoms with Crippen LogP contribution in [0.5, 0.6) is 11.5 Å². The van der Waals surface area contributed by atoms with Gasteiger partial charge in [-0.1, -0.05) is 36.4 Å². The maximum absolute atomic E-state index is 5.58. The van der Waals surface area contributed by atoms with E-state index in [2.05, 4.69) is 0 Å². The highest BCUT2D eigenvalue weighted by atomic mass is 79.9. The summed E-state index contributed by atoms with van der Waals surface area (Å²) in [5.74, 6) is 1.74. The summed E-state index contributed by atoms with van der Waals surface area (Å²) in [6.45, 7) is 0. The molecular weight excluding hydrogens is 320 g/mol. The lowest BCUT2D eigenvalue weighted by atomic mass is 10.3. The molecule has 0 aliphatic heterocycles. The lowest BCUT2D eigenvalue weighted by Crippen LogP contribution is -1.81. The van der Waals surface area contributed by atoms with Gasteiger partial charge in [-0.05, 0) is 24.3 Å². The molecule has 15 heavy (non-hydrogen) atoms. The van der Waals surface area contributed by atoms with Gasteiger partial charge in [0, 0.05) is 0 Å².